The number of pyridine rings is 1. The number of fused-ring (bicyclic) bond motifs is 1. The molecule has 2 aromatic heterocycles. The molecule has 0 amide bonds. The maximum absolute atomic E-state index is 13.4. The average Bonchev–Trinajstić information content (AvgIpc) is 2.74. The molecule has 3 aromatic rings. The number of benzene rings is 1. The maximum atomic E-state index is 13.4. The molecule has 17 heavy (non-hydrogen) atoms. The first-order chi connectivity index (χ1) is 8.24. The third-order valence-corrected chi connectivity index (χ3v) is 2.41. The van der Waals surface area contributed by atoms with Gasteiger partial charge < -0.3 is 4.98 Å². The molecule has 0 atom stereocenters. The van der Waals surface area contributed by atoms with Crippen LogP contribution in [0.25, 0.3) is 22.6 Å². The molecular formula is C12H7F2N3. The maximum Gasteiger partial charge on any atom is 0.157 e. The lowest BCUT2D eigenvalue weighted by Crippen LogP contribution is -1.83. The van der Waals surface area contributed by atoms with Crippen LogP contribution in [0.2, 0.25) is 0 Å². The summed E-state index contributed by atoms with van der Waals surface area (Å²) >= 11 is 0. The van der Waals surface area contributed by atoms with Crippen LogP contribution < -0.4 is 0 Å². The molecule has 3 rings (SSSR count). The predicted octanol–water partition coefficient (Wildman–Crippen LogP) is 2.90. The van der Waals surface area contributed by atoms with E-state index < -0.39 is 11.6 Å². The Hall–Kier alpha value is -2.30. The van der Waals surface area contributed by atoms with E-state index in [0.29, 0.717) is 17.0 Å². The highest BCUT2D eigenvalue weighted by molar-refractivity contribution is 5.79. The van der Waals surface area contributed by atoms with E-state index in [9.17, 15) is 8.78 Å². The smallest absolute Gasteiger partial charge is 0.157 e. The van der Waals surface area contributed by atoms with Crippen LogP contribution in [0.15, 0.2) is 36.5 Å². The number of nitrogens with one attached hydrogen (secondary N) is 1. The van der Waals surface area contributed by atoms with Gasteiger partial charge in [0.15, 0.2) is 11.6 Å². The number of aromatic nitrogens is 3. The van der Waals surface area contributed by atoms with Gasteiger partial charge in [-0.1, -0.05) is 6.07 Å². The molecule has 1 aromatic carbocycles. The zero-order chi connectivity index (χ0) is 11.8. The number of halogens is 2. The number of hydrogen-bond donors (Lipinski definition) is 1. The summed E-state index contributed by atoms with van der Waals surface area (Å²) in [4.78, 5) is 11.0. The highest BCUT2D eigenvalue weighted by Gasteiger charge is 2.11. The second kappa shape index (κ2) is 3.62. The number of rotatable bonds is 1. The summed E-state index contributed by atoms with van der Waals surface area (Å²) in [5.74, 6) is -0.894. The third kappa shape index (κ3) is 1.65. The molecule has 0 aliphatic heterocycles. The fourth-order valence-corrected chi connectivity index (χ4v) is 1.67. The minimum absolute atomic E-state index is 0.118. The lowest BCUT2D eigenvalue weighted by Gasteiger charge is -1.92. The van der Waals surface area contributed by atoms with E-state index in [1.165, 1.54) is 6.07 Å². The largest absolute Gasteiger partial charge is 0.336 e. The van der Waals surface area contributed by atoms with Crippen molar-refractivity contribution in [3.63, 3.8) is 0 Å². The minimum Gasteiger partial charge on any atom is -0.336 e. The van der Waals surface area contributed by atoms with Crippen molar-refractivity contribution < 1.29 is 8.78 Å². The Bertz CT molecular complexity index is 677. The van der Waals surface area contributed by atoms with Crippen LogP contribution in [-0.4, -0.2) is 15.0 Å². The molecule has 0 spiro atoms. The summed E-state index contributed by atoms with van der Waals surface area (Å²) in [7, 11) is 0. The summed E-state index contributed by atoms with van der Waals surface area (Å²) in [6.07, 6.45) is 1.61. The van der Waals surface area contributed by atoms with Gasteiger partial charge in [-0.3, -0.25) is 4.98 Å². The van der Waals surface area contributed by atoms with Gasteiger partial charge in [0.05, 0.1) is 5.52 Å². The molecule has 0 radical (unpaired) electrons. The first-order valence-electron chi connectivity index (χ1n) is 5.00. The van der Waals surface area contributed by atoms with Crippen molar-refractivity contribution >= 4 is 11.0 Å². The number of H-pyrrole nitrogens is 1. The van der Waals surface area contributed by atoms with E-state index >= 15 is 0 Å². The van der Waals surface area contributed by atoms with Gasteiger partial charge in [0.25, 0.3) is 0 Å². The minimum atomic E-state index is -0.682. The van der Waals surface area contributed by atoms with Gasteiger partial charge in [-0.05, 0) is 18.2 Å². The van der Waals surface area contributed by atoms with E-state index in [0.717, 1.165) is 6.07 Å². The SMILES string of the molecule is Fc1cc(F)c2nc(-c3ccccn3)[nH]c2c1. The van der Waals surface area contributed by atoms with E-state index in [4.69, 9.17) is 0 Å². The summed E-state index contributed by atoms with van der Waals surface area (Å²) < 4.78 is 26.4. The molecule has 2 heterocycles. The summed E-state index contributed by atoms with van der Waals surface area (Å²) in [5.41, 5.74) is 1.03. The van der Waals surface area contributed by atoms with Gasteiger partial charge in [0.2, 0.25) is 0 Å². The van der Waals surface area contributed by atoms with E-state index in [2.05, 4.69) is 15.0 Å². The molecule has 0 saturated carbocycles. The Morgan fingerprint density at radius 2 is 2.00 bits per heavy atom. The van der Waals surface area contributed by atoms with Crippen LogP contribution in [0.3, 0.4) is 0 Å². The second-order valence-electron chi connectivity index (χ2n) is 3.58. The van der Waals surface area contributed by atoms with Crippen LogP contribution in [0.4, 0.5) is 8.78 Å². The molecule has 0 fully saturated rings. The Labute approximate surface area is 95.1 Å². The number of nitrogens with zero attached hydrogens (tertiary/aromatic N) is 2. The van der Waals surface area contributed by atoms with Gasteiger partial charge >= 0.3 is 0 Å². The van der Waals surface area contributed by atoms with Crippen molar-refractivity contribution in [1.29, 1.82) is 0 Å². The third-order valence-electron chi connectivity index (χ3n) is 2.41. The quantitative estimate of drug-likeness (QED) is 0.699. The normalized spacial score (nSPS) is 10.9. The second-order valence-corrected chi connectivity index (χ2v) is 3.58. The standard InChI is InChI=1S/C12H7F2N3/c13-7-5-8(14)11-10(6-7)16-12(17-11)9-3-1-2-4-15-9/h1-6H,(H,16,17). The molecule has 3 nitrogen and oxygen atoms in total. The topological polar surface area (TPSA) is 41.6 Å². The van der Waals surface area contributed by atoms with E-state index in [-0.39, 0.29) is 5.52 Å². The Morgan fingerprint density at radius 1 is 1.12 bits per heavy atom. The molecule has 84 valence electrons. The lowest BCUT2D eigenvalue weighted by molar-refractivity contribution is 0.591. The zero-order valence-electron chi connectivity index (χ0n) is 8.61. The fraction of sp³-hybridized carbons (Fsp3) is 0. The molecule has 0 saturated heterocycles. The highest BCUT2D eigenvalue weighted by Crippen LogP contribution is 2.21. The predicted molar refractivity (Wildman–Crippen MR) is 59.2 cm³/mol. The Morgan fingerprint density at radius 3 is 2.76 bits per heavy atom. The molecule has 1 N–H and O–H groups in total. The van der Waals surface area contributed by atoms with E-state index in [1.54, 1.807) is 24.4 Å². The Kier molecular flexibility index (Phi) is 2.11. The van der Waals surface area contributed by atoms with Crippen molar-refractivity contribution in [3.8, 4) is 11.5 Å². The number of aromatic amines is 1. The van der Waals surface area contributed by atoms with Crippen molar-refractivity contribution in [2.24, 2.45) is 0 Å². The number of hydrogen-bond acceptors (Lipinski definition) is 2. The van der Waals surface area contributed by atoms with E-state index in [1.807, 2.05) is 0 Å². The average molecular weight is 231 g/mol. The van der Waals surface area contributed by atoms with Crippen molar-refractivity contribution in [2.75, 3.05) is 0 Å². The molecule has 0 aliphatic carbocycles. The zero-order valence-corrected chi connectivity index (χ0v) is 8.61. The van der Waals surface area contributed by atoms with Gasteiger partial charge in [-0.2, -0.15) is 0 Å². The summed E-state index contributed by atoms with van der Waals surface area (Å²) in [5, 5.41) is 0. The first-order valence-corrected chi connectivity index (χ1v) is 5.00. The number of imidazole rings is 1. The molecule has 5 heteroatoms. The van der Waals surface area contributed by atoms with Gasteiger partial charge in [-0.15, -0.1) is 0 Å². The van der Waals surface area contributed by atoms with Crippen molar-refractivity contribution in [3.05, 3.63) is 48.2 Å². The summed E-state index contributed by atoms with van der Waals surface area (Å²) in [6.45, 7) is 0. The highest BCUT2D eigenvalue weighted by atomic mass is 19.1. The van der Waals surface area contributed by atoms with Crippen LogP contribution in [0, 0.1) is 11.6 Å². The van der Waals surface area contributed by atoms with Crippen LogP contribution in [0.1, 0.15) is 0 Å². The molecule has 0 aliphatic rings. The monoisotopic (exact) mass is 231 g/mol. The fourth-order valence-electron chi connectivity index (χ4n) is 1.67. The molecule has 0 unspecified atom stereocenters. The summed E-state index contributed by atoms with van der Waals surface area (Å²) in [6, 6.07) is 7.33. The van der Waals surface area contributed by atoms with Gasteiger partial charge in [0, 0.05) is 12.3 Å². The van der Waals surface area contributed by atoms with Crippen LogP contribution in [-0.2, 0) is 0 Å². The van der Waals surface area contributed by atoms with Crippen LogP contribution in [0.5, 0.6) is 0 Å². The lowest BCUT2D eigenvalue weighted by atomic mass is 10.3. The van der Waals surface area contributed by atoms with Crippen molar-refractivity contribution in [2.45, 2.75) is 0 Å². The first kappa shape index (κ1) is 9.89. The molecular weight excluding hydrogens is 224 g/mol. The van der Waals surface area contributed by atoms with Crippen molar-refractivity contribution in [1.82, 2.24) is 15.0 Å². The van der Waals surface area contributed by atoms with Crippen LogP contribution >= 0.6 is 0 Å². The Balaban J connectivity index is 2.24. The molecule has 0 bridgehead atoms. The van der Waals surface area contributed by atoms with Gasteiger partial charge in [-0.25, -0.2) is 13.8 Å². The van der Waals surface area contributed by atoms with Gasteiger partial charge in [0.1, 0.15) is 17.0 Å².